The van der Waals surface area contributed by atoms with E-state index in [0.29, 0.717) is 12.1 Å². The molecule has 1 aliphatic rings. The molecular formula is C14H22N2. The quantitative estimate of drug-likeness (QED) is 0.779. The highest BCUT2D eigenvalue weighted by Crippen LogP contribution is 2.24. The average Bonchev–Trinajstić information content (AvgIpc) is 2.22. The molecule has 0 aromatic heterocycles. The summed E-state index contributed by atoms with van der Waals surface area (Å²) in [5, 5.41) is 3.52. The lowest BCUT2D eigenvalue weighted by Crippen LogP contribution is -2.54. The van der Waals surface area contributed by atoms with E-state index >= 15 is 0 Å². The van der Waals surface area contributed by atoms with Crippen molar-refractivity contribution in [3.05, 3.63) is 29.3 Å². The van der Waals surface area contributed by atoms with Gasteiger partial charge in [0.2, 0.25) is 0 Å². The molecule has 1 aromatic rings. The van der Waals surface area contributed by atoms with Gasteiger partial charge in [-0.05, 0) is 39.3 Å². The van der Waals surface area contributed by atoms with Crippen molar-refractivity contribution in [3.8, 4) is 0 Å². The van der Waals surface area contributed by atoms with E-state index in [1.807, 2.05) is 0 Å². The number of rotatable bonds is 1. The predicted molar refractivity (Wildman–Crippen MR) is 70.2 cm³/mol. The second kappa shape index (κ2) is 4.46. The van der Waals surface area contributed by atoms with E-state index in [9.17, 15) is 0 Å². The smallest absolute Gasteiger partial charge is 0.0399 e. The second-order valence-corrected chi connectivity index (χ2v) is 5.10. The summed E-state index contributed by atoms with van der Waals surface area (Å²) in [6.07, 6.45) is 0. The summed E-state index contributed by atoms with van der Waals surface area (Å²) in [5.74, 6) is 0. The SMILES string of the molecule is Cc1ccc(N2C[C@H](C)NC[C@H]2C)c(C)c1. The fraction of sp³-hybridized carbons (Fsp3) is 0.571. The Bertz CT molecular complexity index is 373. The first-order valence-electron chi connectivity index (χ1n) is 6.15. The first kappa shape index (κ1) is 11.5. The molecule has 88 valence electrons. The number of nitrogens with zero attached hydrogens (tertiary/aromatic N) is 1. The number of nitrogens with one attached hydrogen (secondary N) is 1. The number of piperazine rings is 1. The van der Waals surface area contributed by atoms with E-state index in [-0.39, 0.29) is 0 Å². The van der Waals surface area contributed by atoms with Gasteiger partial charge in [-0.15, -0.1) is 0 Å². The largest absolute Gasteiger partial charge is 0.366 e. The average molecular weight is 218 g/mol. The molecule has 0 spiro atoms. The number of benzene rings is 1. The van der Waals surface area contributed by atoms with Gasteiger partial charge in [-0.2, -0.15) is 0 Å². The van der Waals surface area contributed by atoms with Gasteiger partial charge < -0.3 is 10.2 Å². The van der Waals surface area contributed by atoms with E-state index in [0.717, 1.165) is 13.1 Å². The molecule has 1 fully saturated rings. The van der Waals surface area contributed by atoms with Crippen molar-refractivity contribution in [2.75, 3.05) is 18.0 Å². The van der Waals surface area contributed by atoms with Gasteiger partial charge in [0.05, 0.1) is 0 Å². The zero-order valence-corrected chi connectivity index (χ0v) is 10.7. The van der Waals surface area contributed by atoms with E-state index in [2.05, 4.69) is 56.1 Å². The molecule has 0 bridgehead atoms. The maximum Gasteiger partial charge on any atom is 0.0399 e. The monoisotopic (exact) mass is 218 g/mol. The molecule has 1 N–H and O–H groups in total. The Morgan fingerprint density at radius 3 is 2.69 bits per heavy atom. The lowest BCUT2D eigenvalue weighted by atomic mass is 10.1. The van der Waals surface area contributed by atoms with E-state index in [1.165, 1.54) is 16.8 Å². The topological polar surface area (TPSA) is 15.3 Å². The van der Waals surface area contributed by atoms with Crippen molar-refractivity contribution in [1.29, 1.82) is 0 Å². The number of hydrogen-bond donors (Lipinski definition) is 1. The third kappa shape index (κ3) is 2.22. The standard InChI is InChI=1S/C14H22N2/c1-10-5-6-14(11(2)7-10)16-9-12(3)15-8-13(16)4/h5-7,12-13,15H,8-9H2,1-4H3/t12-,13+/m0/s1. The van der Waals surface area contributed by atoms with Crippen LogP contribution in [0.25, 0.3) is 0 Å². The highest BCUT2D eigenvalue weighted by molar-refractivity contribution is 5.55. The van der Waals surface area contributed by atoms with Crippen molar-refractivity contribution >= 4 is 5.69 Å². The minimum absolute atomic E-state index is 0.580. The van der Waals surface area contributed by atoms with Crippen LogP contribution >= 0.6 is 0 Å². The second-order valence-electron chi connectivity index (χ2n) is 5.10. The summed E-state index contributed by atoms with van der Waals surface area (Å²) in [7, 11) is 0. The third-order valence-electron chi connectivity index (χ3n) is 3.43. The Kier molecular flexibility index (Phi) is 3.20. The van der Waals surface area contributed by atoms with Crippen LogP contribution in [0.4, 0.5) is 5.69 Å². The van der Waals surface area contributed by atoms with Gasteiger partial charge >= 0.3 is 0 Å². The molecule has 0 unspecified atom stereocenters. The summed E-state index contributed by atoms with van der Waals surface area (Å²) < 4.78 is 0. The van der Waals surface area contributed by atoms with Crippen LogP contribution in [0.2, 0.25) is 0 Å². The van der Waals surface area contributed by atoms with E-state index in [4.69, 9.17) is 0 Å². The Morgan fingerprint density at radius 1 is 1.25 bits per heavy atom. The molecule has 2 rings (SSSR count). The molecule has 1 aliphatic heterocycles. The number of hydrogen-bond acceptors (Lipinski definition) is 2. The Labute approximate surface area is 98.7 Å². The van der Waals surface area contributed by atoms with Crippen molar-refractivity contribution in [3.63, 3.8) is 0 Å². The van der Waals surface area contributed by atoms with Crippen molar-refractivity contribution in [1.82, 2.24) is 5.32 Å². The van der Waals surface area contributed by atoms with Crippen LogP contribution in [-0.2, 0) is 0 Å². The first-order chi connectivity index (χ1) is 7.58. The normalized spacial score (nSPS) is 25.9. The number of aryl methyl sites for hydroxylation is 2. The molecule has 0 amide bonds. The Balaban J connectivity index is 2.28. The van der Waals surface area contributed by atoms with Crippen LogP contribution in [0.3, 0.4) is 0 Å². The fourth-order valence-electron chi connectivity index (χ4n) is 2.48. The van der Waals surface area contributed by atoms with Crippen molar-refractivity contribution in [2.45, 2.75) is 39.8 Å². The zero-order chi connectivity index (χ0) is 11.7. The van der Waals surface area contributed by atoms with Gasteiger partial charge in [-0.3, -0.25) is 0 Å². The van der Waals surface area contributed by atoms with Crippen LogP contribution in [0.1, 0.15) is 25.0 Å². The summed E-state index contributed by atoms with van der Waals surface area (Å²) in [6, 6.07) is 7.91. The van der Waals surface area contributed by atoms with Crippen LogP contribution in [-0.4, -0.2) is 25.2 Å². The Morgan fingerprint density at radius 2 is 2.00 bits per heavy atom. The lowest BCUT2D eigenvalue weighted by Gasteiger charge is -2.40. The van der Waals surface area contributed by atoms with Crippen LogP contribution in [0.5, 0.6) is 0 Å². The van der Waals surface area contributed by atoms with Gasteiger partial charge in [-0.1, -0.05) is 17.7 Å². The summed E-state index contributed by atoms with van der Waals surface area (Å²) in [5.41, 5.74) is 4.13. The minimum Gasteiger partial charge on any atom is -0.366 e. The molecule has 1 saturated heterocycles. The van der Waals surface area contributed by atoms with Gasteiger partial charge in [0.25, 0.3) is 0 Å². The first-order valence-corrected chi connectivity index (χ1v) is 6.15. The Hall–Kier alpha value is -1.02. The summed E-state index contributed by atoms with van der Waals surface area (Å²) in [6.45, 7) is 11.1. The third-order valence-corrected chi connectivity index (χ3v) is 3.43. The van der Waals surface area contributed by atoms with E-state index < -0.39 is 0 Å². The molecule has 2 heteroatoms. The van der Waals surface area contributed by atoms with Crippen molar-refractivity contribution in [2.24, 2.45) is 0 Å². The molecule has 16 heavy (non-hydrogen) atoms. The fourth-order valence-corrected chi connectivity index (χ4v) is 2.48. The molecule has 2 atom stereocenters. The maximum atomic E-state index is 3.52. The zero-order valence-electron chi connectivity index (χ0n) is 10.7. The van der Waals surface area contributed by atoms with Gasteiger partial charge in [0.1, 0.15) is 0 Å². The van der Waals surface area contributed by atoms with E-state index in [1.54, 1.807) is 0 Å². The summed E-state index contributed by atoms with van der Waals surface area (Å²) in [4.78, 5) is 2.52. The van der Waals surface area contributed by atoms with Gasteiger partial charge in [0.15, 0.2) is 0 Å². The van der Waals surface area contributed by atoms with Crippen LogP contribution in [0, 0.1) is 13.8 Å². The molecule has 2 nitrogen and oxygen atoms in total. The number of anilines is 1. The molecule has 1 heterocycles. The van der Waals surface area contributed by atoms with Crippen LogP contribution < -0.4 is 10.2 Å². The highest BCUT2D eigenvalue weighted by Gasteiger charge is 2.23. The maximum absolute atomic E-state index is 3.52. The van der Waals surface area contributed by atoms with Gasteiger partial charge in [0, 0.05) is 30.9 Å². The highest BCUT2D eigenvalue weighted by atomic mass is 15.2. The van der Waals surface area contributed by atoms with Gasteiger partial charge in [-0.25, -0.2) is 0 Å². The molecular weight excluding hydrogens is 196 g/mol. The molecule has 1 aromatic carbocycles. The predicted octanol–water partition coefficient (Wildman–Crippen LogP) is 2.49. The van der Waals surface area contributed by atoms with Crippen LogP contribution in [0.15, 0.2) is 18.2 Å². The molecule has 0 aliphatic carbocycles. The molecule has 0 saturated carbocycles. The lowest BCUT2D eigenvalue weighted by molar-refractivity contribution is 0.424. The minimum atomic E-state index is 0.580. The van der Waals surface area contributed by atoms with Crippen molar-refractivity contribution < 1.29 is 0 Å². The summed E-state index contributed by atoms with van der Waals surface area (Å²) >= 11 is 0. The molecule has 0 radical (unpaired) electrons.